The van der Waals surface area contributed by atoms with E-state index in [-0.39, 0.29) is 17.5 Å². The summed E-state index contributed by atoms with van der Waals surface area (Å²) in [4.78, 5) is 12.3. The predicted molar refractivity (Wildman–Crippen MR) is 78.2 cm³/mol. The van der Waals surface area contributed by atoms with Crippen molar-refractivity contribution in [3.8, 4) is 0 Å². The number of alkyl halides is 2. The van der Waals surface area contributed by atoms with Crippen molar-refractivity contribution in [2.45, 2.75) is 30.4 Å². The second-order valence-electron chi connectivity index (χ2n) is 5.19. The van der Waals surface area contributed by atoms with Crippen molar-refractivity contribution in [2.75, 3.05) is 0 Å². The lowest BCUT2D eigenvalue weighted by atomic mass is 9.89. The summed E-state index contributed by atoms with van der Waals surface area (Å²) in [7, 11) is 0. The van der Waals surface area contributed by atoms with Gasteiger partial charge in [0.15, 0.2) is 11.3 Å². The zero-order chi connectivity index (χ0) is 15.0. The van der Waals surface area contributed by atoms with Gasteiger partial charge in [0.05, 0.1) is 10.8 Å². The molecule has 0 bridgehead atoms. The number of carbonyl (C=O) groups is 1. The normalized spacial score (nSPS) is 26.0. The first kappa shape index (κ1) is 14.1. The number of halogens is 2. The van der Waals surface area contributed by atoms with Crippen molar-refractivity contribution in [3.63, 3.8) is 0 Å². The smallest absolute Gasteiger partial charge is 0.274 e. The Morgan fingerprint density at radius 2 is 2.24 bits per heavy atom. The highest BCUT2D eigenvalue weighted by molar-refractivity contribution is 6.21. The van der Waals surface area contributed by atoms with Crippen molar-refractivity contribution in [2.24, 2.45) is 0 Å². The molecule has 3 atom stereocenters. The molecule has 21 heavy (non-hydrogen) atoms. The van der Waals surface area contributed by atoms with Gasteiger partial charge in [0.1, 0.15) is 6.17 Å². The molecule has 6 heteroatoms. The van der Waals surface area contributed by atoms with E-state index in [9.17, 15) is 9.18 Å². The minimum atomic E-state index is -1.14. The van der Waals surface area contributed by atoms with Crippen LogP contribution in [0.3, 0.4) is 0 Å². The Bertz CT molecular complexity index is 700. The number of para-hydroxylation sites is 1. The summed E-state index contributed by atoms with van der Waals surface area (Å²) < 4.78 is 18.8. The molecule has 110 valence electrons. The third-order valence-corrected chi connectivity index (χ3v) is 4.17. The van der Waals surface area contributed by atoms with Crippen LogP contribution in [0.2, 0.25) is 0 Å². The third kappa shape index (κ3) is 2.65. The van der Waals surface area contributed by atoms with Crippen LogP contribution in [0.25, 0.3) is 11.0 Å². The quantitative estimate of drug-likeness (QED) is 0.684. The molecule has 1 aliphatic carbocycles. The first-order valence-electron chi connectivity index (χ1n) is 6.67. The number of amides is 1. The largest absolute Gasteiger partial charge is 0.355 e. The number of hydrogen-bond acceptors (Lipinski definition) is 3. The number of nitrogens with one attached hydrogen (secondary N) is 1. The summed E-state index contributed by atoms with van der Waals surface area (Å²) in [6.45, 7) is 3.65. The van der Waals surface area contributed by atoms with E-state index in [1.165, 1.54) is 0 Å². The summed E-state index contributed by atoms with van der Waals surface area (Å²) in [6, 6.07) is 6.62. The van der Waals surface area contributed by atoms with Crippen LogP contribution in [0.4, 0.5) is 4.39 Å². The molecule has 2 aromatic rings. The van der Waals surface area contributed by atoms with Crippen LogP contribution in [0.15, 0.2) is 40.9 Å². The zero-order valence-electron chi connectivity index (χ0n) is 11.2. The first-order chi connectivity index (χ1) is 10.1. The molecule has 1 heterocycles. The fraction of sp³-hybridized carbons (Fsp3) is 0.333. The molecule has 1 aromatic heterocycles. The maximum Gasteiger partial charge on any atom is 0.274 e. The lowest BCUT2D eigenvalue weighted by Crippen LogP contribution is -2.46. The molecule has 3 rings (SSSR count). The average Bonchev–Trinajstić information content (AvgIpc) is 2.88. The van der Waals surface area contributed by atoms with E-state index in [2.05, 4.69) is 17.1 Å². The minimum absolute atomic E-state index is 0.133. The topological polar surface area (TPSA) is 55.1 Å². The van der Waals surface area contributed by atoms with E-state index in [0.29, 0.717) is 23.0 Å². The Morgan fingerprint density at radius 1 is 1.48 bits per heavy atom. The maximum atomic E-state index is 13.7. The van der Waals surface area contributed by atoms with Crippen LogP contribution in [-0.4, -0.2) is 28.7 Å². The summed E-state index contributed by atoms with van der Waals surface area (Å²) in [5.41, 5.74) is 1.20. The van der Waals surface area contributed by atoms with Gasteiger partial charge in [-0.15, -0.1) is 11.6 Å². The second kappa shape index (κ2) is 5.48. The van der Waals surface area contributed by atoms with Crippen molar-refractivity contribution < 1.29 is 13.7 Å². The van der Waals surface area contributed by atoms with Crippen LogP contribution in [0, 0.1) is 0 Å². The Labute approximate surface area is 125 Å². The number of rotatable bonds is 2. The molecule has 1 aliphatic rings. The van der Waals surface area contributed by atoms with Gasteiger partial charge in [0.2, 0.25) is 0 Å². The van der Waals surface area contributed by atoms with Crippen LogP contribution < -0.4 is 5.32 Å². The molecule has 1 saturated carbocycles. The molecule has 4 nitrogen and oxygen atoms in total. The fourth-order valence-electron chi connectivity index (χ4n) is 2.49. The molecule has 0 saturated heterocycles. The molecule has 3 unspecified atom stereocenters. The lowest BCUT2D eigenvalue weighted by Gasteiger charge is -2.31. The summed E-state index contributed by atoms with van der Waals surface area (Å²) in [6.07, 6.45) is -0.652. The minimum Gasteiger partial charge on any atom is -0.355 e. The SMILES string of the molecule is C=C1CC(Cl)C(NC(=O)c2noc3ccccc23)CC1F. The molecule has 0 spiro atoms. The number of aromatic nitrogens is 1. The van der Waals surface area contributed by atoms with Gasteiger partial charge in [0, 0.05) is 12.5 Å². The van der Waals surface area contributed by atoms with Crippen LogP contribution >= 0.6 is 11.6 Å². The van der Waals surface area contributed by atoms with E-state index < -0.39 is 18.1 Å². The van der Waals surface area contributed by atoms with Gasteiger partial charge >= 0.3 is 0 Å². The number of benzene rings is 1. The maximum absolute atomic E-state index is 13.7. The number of carbonyl (C=O) groups excluding carboxylic acids is 1. The van der Waals surface area contributed by atoms with Crippen molar-refractivity contribution >= 4 is 28.5 Å². The van der Waals surface area contributed by atoms with Gasteiger partial charge in [-0.2, -0.15) is 0 Å². The molecule has 1 amide bonds. The average molecular weight is 309 g/mol. The molecule has 1 N–H and O–H groups in total. The van der Waals surface area contributed by atoms with E-state index in [1.807, 2.05) is 0 Å². The Balaban J connectivity index is 1.78. The fourth-order valence-corrected chi connectivity index (χ4v) is 2.86. The standard InChI is InChI=1S/C15H14ClFN2O2/c1-8-6-10(16)12(7-11(8)17)18-15(20)14-9-4-2-3-5-13(9)21-19-14/h2-5,10-12H,1,6-7H2,(H,18,20). The number of nitrogens with zero attached hydrogens (tertiary/aromatic N) is 1. The Hall–Kier alpha value is -1.88. The van der Waals surface area contributed by atoms with Crippen molar-refractivity contribution in [1.82, 2.24) is 10.5 Å². The third-order valence-electron chi connectivity index (χ3n) is 3.71. The number of allylic oxidation sites excluding steroid dienone is 1. The molecule has 0 radical (unpaired) electrons. The summed E-state index contributed by atoms with van der Waals surface area (Å²) >= 11 is 6.18. The molecular weight excluding hydrogens is 295 g/mol. The molecular formula is C15H14ClFN2O2. The van der Waals surface area contributed by atoms with E-state index in [4.69, 9.17) is 16.1 Å². The Morgan fingerprint density at radius 3 is 3.05 bits per heavy atom. The molecule has 1 aromatic carbocycles. The Kier molecular flexibility index (Phi) is 3.68. The van der Waals surface area contributed by atoms with Gasteiger partial charge in [-0.25, -0.2) is 4.39 Å². The highest BCUT2D eigenvalue weighted by Crippen LogP contribution is 2.29. The second-order valence-corrected chi connectivity index (χ2v) is 5.75. The highest BCUT2D eigenvalue weighted by Gasteiger charge is 2.33. The number of hydrogen-bond donors (Lipinski definition) is 1. The summed E-state index contributed by atoms with van der Waals surface area (Å²) in [5.74, 6) is -0.407. The summed E-state index contributed by atoms with van der Waals surface area (Å²) in [5, 5.41) is 6.77. The van der Waals surface area contributed by atoms with Crippen molar-refractivity contribution in [3.05, 3.63) is 42.1 Å². The van der Waals surface area contributed by atoms with Gasteiger partial charge in [-0.3, -0.25) is 4.79 Å². The van der Waals surface area contributed by atoms with Crippen molar-refractivity contribution in [1.29, 1.82) is 0 Å². The zero-order valence-corrected chi connectivity index (χ0v) is 11.9. The van der Waals surface area contributed by atoms with Crippen LogP contribution in [-0.2, 0) is 0 Å². The van der Waals surface area contributed by atoms with Gasteiger partial charge < -0.3 is 9.84 Å². The predicted octanol–water partition coefficient (Wildman–Crippen LogP) is 3.22. The lowest BCUT2D eigenvalue weighted by molar-refractivity contribution is 0.0916. The van der Waals surface area contributed by atoms with Gasteiger partial charge in [-0.1, -0.05) is 23.9 Å². The van der Waals surface area contributed by atoms with E-state index >= 15 is 0 Å². The van der Waals surface area contributed by atoms with Gasteiger partial charge in [0.25, 0.3) is 5.91 Å². The molecule has 1 fully saturated rings. The van der Waals surface area contributed by atoms with Crippen LogP contribution in [0.5, 0.6) is 0 Å². The number of fused-ring (bicyclic) bond motifs is 1. The van der Waals surface area contributed by atoms with E-state index in [1.54, 1.807) is 24.3 Å². The monoisotopic (exact) mass is 308 g/mol. The molecule has 0 aliphatic heterocycles. The van der Waals surface area contributed by atoms with Crippen LogP contribution in [0.1, 0.15) is 23.3 Å². The van der Waals surface area contributed by atoms with E-state index in [0.717, 1.165) is 0 Å². The highest BCUT2D eigenvalue weighted by atomic mass is 35.5. The first-order valence-corrected chi connectivity index (χ1v) is 7.11. The van der Waals surface area contributed by atoms with Gasteiger partial charge in [-0.05, 0) is 24.1 Å².